The van der Waals surface area contributed by atoms with Gasteiger partial charge in [0, 0.05) is 17.9 Å². The average molecular weight is 259 g/mol. The van der Waals surface area contributed by atoms with Crippen molar-refractivity contribution in [3.63, 3.8) is 0 Å². The molecule has 0 atom stereocenters. The van der Waals surface area contributed by atoms with Gasteiger partial charge in [-0.2, -0.15) is 5.10 Å². The van der Waals surface area contributed by atoms with Crippen LogP contribution < -0.4 is 4.74 Å². The summed E-state index contributed by atoms with van der Waals surface area (Å²) < 4.78 is 7.46. The van der Waals surface area contributed by atoms with Crippen LogP contribution in [0, 0.1) is 6.92 Å². The fourth-order valence-electron chi connectivity index (χ4n) is 1.66. The highest BCUT2D eigenvalue weighted by Crippen LogP contribution is 2.16. The molecule has 0 N–H and O–H groups in total. The lowest BCUT2D eigenvalue weighted by Crippen LogP contribution is -2.04. The fourth-order valence-corrected chi connectivity index (χ4v) is 1.66. The van der Waals surface area contributed by atoms with Crippen molar-refractivity contribution in [2.75, 3.05) is 0 Å². The second-order valence-electron chi connectivity index (χ2n) is 4.62. The Hall–Kier alpha value is -2.17. The summed E-state index contributed by atoms with van der Waals surface area (Å²) in [6, 6.07) is 5.79. The van der Waals surface area contributed by atoms with Crippen molar-refractivity contribution in [1.29, 1.82) is 0 Å². The van der Waals surface area contributed by atoms with Crippen LogP contribution in [0.25, 0.3) is 0 Å². The van der Waals surface area contributed by atoms with Gasteiger partial charge in [-0.1, -0.05) is 0 Å². The molecule has 0 unspecified atom stereocenters. The molecule has 0 aliphatic carbocycles. The van der Waals surface area contributed by atoms with Crippen LogP contribution >= 0.6 is 0 Å². The third-order valence-electron chi connectivity index (χ3n) is 2.71. The quantitative estimate of drug-likeness (QED) is 0.774. The molecule has 0 aliphatic heterocycles. The minimum Gasteiger partial charge on any atom is -0.485 e. The van der Waals surface area contributed by atoms with Gasteiger partial charge >= 0.3 is 0 Å². The second kappa shape index (κ2) is 5.65. The number of nitrogens with zero attached hydrogens (tertiary/aromatic N) is 3. The molecule has 5 nitrogen and oxygen atoms in total. The molecule has 2 heterocycles. The Morgan fingerprint density at radius 2 is 2.16 bits per heavy atom. The maximum absolute atomic E-state index is 10.9. The Labute approximate surface area is 112 Å². The zero-order valence-corrected chi connectivity index (χ0v) is 11.3. The summed E-state index contributed by atoms with van der Waals surface area (Å²) in [4.78, 5) is 15.0. The highest BCUT2D eigenvalue weighted by atomic mass is 16.5. The Bertz CT molecular complexity index is 576. The molecule has 0 saturated carbocycles. The van der Waals surface area contributed by atoms with E-state index in [1.54, 1.807) is 6.07 Å². The third kappa shape index (κ3) is 3.19. The van der Waals surface area contributed by atoms with Gasteiger partial charge in [0.2, 0.25) is 0 Å². The van der Waals surface area contributed by atoms with Gasteiger partial charge in [0.15, 0.2) is 6.29 Å². The summed E-state index contributed by atoms with van der Waals surface area (Å²) in [6.45, 7) is 6.28. The number of carbonyl (C=O) groups is 1. The molecule has 0 amide bonds. The Balaban J connectivity index is 2.07. The van der Waals surface area contributed by atoms with Crippen LogP contribution in [-0.4, -0.2) is 21.1 Å². The van der Waals surface area contributed by atoms with Crippen molar-refractivity contribution >= 4 is 6.29 Å². The number of hydrogen-bond acceptors (Lipinski definition) is 4. The molecule has 0 saturated heterocycles. The lowest BCUT2D eigenvalue weighted by atomic mass is 10.3. The van der Waals surface area contributed by atoms with E-state index in [4.69, 9.17) is 4.74 Å². The fraction of sp³-hybridized carbons (Fsp3) is 0.357. The molecule has 2 rings (SSSR count). The molecule has 2 aromatic rings. The first-order chi connectivity index (χ1) is 9.10. The zero-order valence-electron chi connectivity index (χ0n) is 11.3. The van der Waals surface area contributed by atoms with Gasteiger partial charge in [-0.05, 0) is 39.0 Å². The van der Waals surface area contributed by atoms with E-state index in [1.807, 2.05) is 29.9 Å². The van der Waals surface area contributed by atoms with E-state index in [0.29, 0.717) is 30.4 Å². The van der Waals surface area contributed by atoms with Gasteiger partial charge in [-0.25, -0.2) is 4.98 Å². The van der Waals surface area contributed by atoms with Crippen LogP contribution in [0.2, 0.25) is 0 Å². The van der Waals surface area contributed by atoms with E-state index in [0.717, 1.165) is 11.4 Å². The minimum atomic E-state index is 0.320. The number of ether oxygens (including phenoxy) is 1. The lowest BCUT2D eigenvalue weighted by Gasteiger charge is -2.07. The summed E-state index contributed by atoms with van der Waals surface area (Å²) in [5.41, 5.74) is 1.94. The van der Waals surface area contributed by atoms with E-state index in [9.17, 15) is 4.79 Å². The predicted octanol–water partition coefficient (Wildman–Crippen LogP) is 2.56. The topological polar surface area (TPSA) is 57.0 Å². The molecule has 19 heavy (non-hydrogen) atoms. The molecule has 100 valence electrons. The summed E-state index contributed by atoms with van der Waals surface area (Å²) >= 11 is 0. The highest BCUT2D eigenvalue weighted by Gasteiger charge is 2.07. The van der Waals surface area contributed by atoms with Crippen LogP contribution in [0.5, 0.6) is 5.75 Å². The smallest absolute Gasteiger partial charge is 0.172 e. The van der Waals surface area contributed by atoms with E-state index < -0.39 is 0 Å². The predicted molar refractivity (Wildman–Crippen MR) is 71.3 cm³/mol. The van der Waals surface area contributed by atoms with Crippen molar-refractivity contribution in [1.82, 2.24) is 14.8 Å². The van der Waals surface area contributed by atoms with Crippen LogP contribution in [0.15, 0.2) is 24.4 Å². The van der Waals surface area contributed by atoms with Crippen molar-refractivity contribution in [2.45, 2.75) is 33.4 Å². The average Bonchev–Trinajstić information content (AvgIpc) is 2.86. The van der Waals surface area contributed by atoms with Crippen LogP contribution in [0.1, 0.15) is 41.8 Å². The molecular weight excluding hydrogens is 242 g/mol. The van der Waals surface area contributed by atoms with Crippen LogP contribution in [0.3, 0.4) is 0 Å². The van der Waals surface area contributed by atoms with Crippen molar-refractivity contribution in [2.24, 2.45) is 0 Å². The Morgan fingerprint density at radius 1 is 1.37 bits per heavy atom. The van der Waals surface area contributed by atoms with E-state index in [2.05, 4.69) is 23.9 Å². The lowest BCUT2D eigenvalue weighted by molar-refractivity contribution is 0.111. The number of rotatable bonds is 5. The normalized spacial score (nSPS) is 10.7. The van der Waals surface area contributed by atoms with Gasteiger partial charge in [0.25, 0.3) is 0 Å². The summed E-state index contributed by atoms with van der Waals surface area (Å²) in [5.74, 6) is 0.486. The summed E-state index contributed by atoms with van der Waals surface area (Å²) in [5, 5.41) is 4.38. The first kappa shape index (κ1) is 13.3. The number of aldehydes is 1. The Kier molecular flexibility index (Phi) is 3.94. The van der Waals surface area contributed by atoms with E-state index in [1.165, 1.54) is 0 Å². The van der Waals surface area contributed by atoms with Crippen molar-refractivity contribution in [3.8, 4) is 5.75 Å². The monoisotopic (exact) mass is 259 g/mol. The first-order valence-corrected chi connectivity index (χ1v) is 6.20. The standard InChI is InChI=1S/C14H17N3O2/c1-10(2)17-7-6-12(16-17)9-19-14-5-4-11(3)15-13(14)8-18/h4-8,10H,9H2,1-3H3. The van der Waals surface area contributed by atoms with Gasteiger partial charge in [0.1, 0.15) is 18.1 Å². The number of aryl methyl sites for hydroxylation is 1. The highest BCUT2D eigenvalue weighted by molar-refractivity contribution is 5.76. The van der Waals surface area contributed by atoms with E-state index in [-0.39, 0.29) is 0 Å². The van der Waals surface area contributed by atoms with Gasteiger partial charge in [-0.15, -0.1) is 0 Å². The maximum Gasteiger partial charge on any atom is 0.172 e. The molecule has 0 aliphatic rings. The number of hydrogen-bond donors (Lipinski definition) is 0. The van der Waals surface area contributed by atoms with Gasteiger partial charge in [0.05, 0.1) is 5.69 Å². The molecule has 0 fully saturated rings. The zero-order chi connectivity index (χ0) is 13.8. The van der Waals surface area contributed by atoms with Crippen LogP contribution in [-0.2, 0) is 6.61 Å². The number of pyridine rings is 1. The Morgan fingerprint density at radius 3 is 2.79 bits per heavy atom. The molecule has 2 aromatic heterocycles. The molecule has 0 spiro atoms. The summed E-state index contributed by atoms with van der Waals surface area (Å²) in [7, 11) is 0. The largest absolute Gasteiger partial charge is 0.485 e. The third-order valence-corrected chi connectivity index (χ3v) is 2.71. The molecule has 0 aromatic carbocycles. The number of aromatic nitrogens is 3. The number of carbonyl (C=O) groups excluding carboxylic acids is 1. The summed E-state index contributed by atoms with van der Waals surface area (Å²) in [6.07, 6.45) is 2.62. The van der Waals surface area contributed by atoms with Crippen LogP contribution in [0.4, 0.5) is 0 Å². The molecular formula is C14H17N3O2. The van der Waals surface area contributed by atoms with Gasteiger partial charge < -0.3 is 4.74 Å². The molecule has 0 radical (unpaired) electrons. The van der Waals surface area contributed by atoms with Crippen molar-refractivity contribution < 1.29 is 9.53 Å². The van der Waals surface area contributed by atoms with Crippen molar-refractivity contribution in [3.05, 3.63) is 41.5 Å². The van der Waals surface area contributed by atoms with E-state index >= 15 is 0 Å². The molecule has 5 heteroatoms. The minimum absolute atomic E-state index is 0.320. The maximum atomic E-state index is 10.9. The second-order valence-corrected chi connectivity index (χ2v) is 4.62. The molecule has 0 bridgehead atoms. The van der Waals surface area contributed by atoms with Gasteiger partial charge in [-0.3, -0.25) is 9.48 Å². The SMILES string of the molecule is Cc1ccc(OCc2ccn(C(C)C)n2)c(C=O)n1. The first-order valence-electron chi connectivity index (χ1n) is 6.20.